The van der Waals surface area contributed by atoms with E-state index in [0.29, 0.717) is 17.3 Å². The lowest BCUT2D eigenvalue weighted by molar-refractivity contribution is -0.384. The molecule has 0 spiro atoms. The number of nitrogens with one attached hydrogen (secondary N) is 1. The van der Waals surface area contributed by atoms with E-state index in [4.69, 9.17) is 11.6 Å². The molecule has 0 unspecified atom stereocenters. The number of nitro groups is 1. The summed E-state index contributed by atoms with van der Waals surface area (Å²) in [6.45, 7) is 2.56. The molecule has 2 aromatic carbocycles. The Morgan fingerprint density at radius 2 is 2.10 bits per heavy atom. The molecule has 0 amide bonds. The van der Waals surface area contributed by atoms with Crippen molar-refractivity contribution in [1.29, 1.82) is 0 Å². The van der Waals surface area contributed by atoms with Crippen molar-refractivity contribution in [2.24, 2.45) is 0 Å². The highest BCUT2D eigenvalue weighted by molar-refractivity contribution is 7.98. The maximum Gasteiger partial charge on any atom is 0.292 e. The predicted octanol–water partition coefficient (Wildman–Crippen LogP) is 4.97. The molecule has 4 nitrogen and oxygen atoms in total. The summed E-state index contributed by atoms with van der Waals surface area (Å²) in [5, 5.41) is 14.7. The van der Waals surface area contributed by atoms with Gasteiger partial charge in [0.25, 0.3) is 5.69 Å². The highest BCUT2D eigenvalue weighted by atomic mass is 35.5. The summed E-state index contributed by atoms with van der Waals surface area (Å²) < 4.78 is 0. The molecule has 0 atom stereocenters. The molecule has 0 fully saturated rings. The second-order valence-corrected chi connectivity index (χ2v) is 5.87. The number of nitro benzene ring substituents is 1. The maximum absolute atomic E-state index is 11.0. The first-order chi connectivity index (χ1) is 10.1. The lowest BCUT2D eigenvalue weighted by Gasteiger charge is -2.08. The number of benzene rings is 2. The molecule has 0 bridgehead atoms. The van der Waals surface area contributed by atoms with Crippen molar-refractivity contribution in [2.75, 3.05) is 11.9 Å². The first kappa shape index (κ1) is 15.7. The van der Waals surface area contributed by atoms with Gasteiger partial charge in [0.2, 0.25) is 0 Å². The molecule has 0 aliphatic heterocycles. The van der Waals surface area contributed by atoms with E-state index in [1.54, 1.807) is 23.9 Å². The fraction of sp³-hybridized carbons (Fsp3) is 0.200. The molecule has 2 aromatic rings. The van der Waals surface area contributed by atoms with Crippen molar-refractivity contribution in [1.82, 2.24) is 0 Å². The van der Waals surface area contributed by atoms with Gasteiger partial charge in [0, 0.05) is 28.3 Å². The Balaban J connectivity index is 2.13. The predicted molar refractivity (Wildman–Crippen MR) is 88.3 cm³/mol. The number of halogens is 1. The molecular formula is C15H15ClN2O2S. The molecule has 2 rings (SSSR count). The van der Waals surface area contributed by atoms with Gasteiger partial charge in [-0.3, -0.25) is 10.1 Å². The molecule has 0 saturated carbocycles. The van der Waals surface area contributed by atoms with Gasteiger partial charge in [-0.25, -0.2) is 0 Å². The van der Waals surface area contributed by atoms with Gasteiger partial charge in [0.1, 0.15) is 5.69 Å². The minimum absolute atomic E-state index is 0.105. The third kappa shape index (κ3) is 4.37. The van der Waals surface area contributed by atoms with Crippen LogP contribution in [0, 0.1) is 10.1 Å². The van der Waals surface area contributed by atoms with Gasteiger partial charge < -0.3 is 5.32 Å². The van der Waals surface area contributed by atoms with Crippen LogP contribution in [0.2, 0.25) is 5.02 Å². The first-order valence-corrected chi connectivity index (χ1v) is 7.86. The molecule has 0 aliphatic carbocycles. The van der Waals surface area contributed by atoms with E-state index < -0.39 is 0 Å². The van der Waals surface area contributed by atoms with E-state index in [1.165, 1.54) is 0 Å². The molecule has 0 heterocycles. The van der Waals surface area contributed by atoms with E-state index in [-0.39, 0.29) is 10.6 Å². The van der Waals surface area contributed by atoms with Gasteiger partial charge in [0.15, 0.2) is 0 Å². The lowest BCUT2D eigenvalue weighted by atomic mass is 10.2. The summed E-state index contributed by atoms with van der Waals surface area (Å²) in [6, 6.07) is 12.8. The summed E-state index contributed by atoms with van der Waals surface area (Å²) in [7, 11) is 0. The van der Waals surface area contributed by atoms with Crippen LogP contribution < -0.4 is 5.32 Å². The fourth-order valence-corrected chi connectivity index (χ4v) is 3.04. The van der Waals surface area contributed by atoms with Crippen molar-refractivity contribution in [2.45, 2.75) is 17.6 Å². The summed E-state index contributed by atoms with van der Waals surface area (Å²) in [5.74, 6) is 0.733. The van der Waals surface area contributed by atoms with Crippen molar-refractivity contribution < 1.29 is 4.92 Å². The molecule has 0 aliphatic rings. The number of rotatable bonds is 6. The van der Waals surface area contributed by atoms with E-state index in [0.717, 1.165) is 16.2 Å². The molecule has 21 heavy (non-hydrogen) atoms. The quantitative estimate of drug-likeness (QED) is 0.463. The van der Waals surface area contributed by atoms with Gasteiger partial charge in [-0.05, 0) is 36.8 Å². The Hall–Kier alpha value is -1.72. The zero-order valence-electron chi connectivity index (χ0n) is 11.5. The van der Waals surface area contributed by atoms with Crippen molar-refractivity contribution in [3.63, 3.8) is 0 Å². The lowest BCUT2D eigenvalue weighted by Crippen LogP contribution is -2.01. The Morgan fingerprint density at radius 3 is 2.76 bits per heavy atom. The molecule has 6 heteroatoms. The Kier molecular flexibility index (Phi) is 5.47. The topological polar surface area (TPSA) is 55.2 Å². The summed E-state index contributed by atoms with van der Waals surface area (Å²) in [4.78, 5) is 11.7. The summed E-state index contributed by atoms with van der Waals surface area (Å²) in [6.07, 6.45) is 0. The van der Waals surface area contributed by atoms with Crippen molar-refractivity contribution in [3.05, 3.63) is 63.2 Å². The second kappa shape index (κ2) is 7.33. The average molecular weight is 323 g/mol. The number of anilines is 1. The fourth-order valence-electron chi connectivity index (χ4n) is 1.89. The molecule has 110 valence electrons. The van der Waals surface area contributed by atoms with E-state index in [1.807, 2.05) is 37.3 Å². The molecule has 1 N–H and O–H groups in total. The normalized spacial score (nSPS) is 10.4. The molecule has 0 saturated heterocycles. The van der Waals surface area contributed by atoms with Crippen LogP contribution in [0.5, 0.6) is 0 Å². The Morgan fingerprint density at radius 1 is 1.29 bits per heavy atom. The molecular weight excluding hydrogens is 308 g/mol. The summed E-state index contributed by atoms with van der Waals surface area (Å²) >= 11 is 7.60. The number of nitrogens with zero attached hydrogens (tertiary/aromatic N) is 1. The molecule has 0 radical (unpaired) electrons. The van der Waals surface area contributed by atoms with Gasteiger partial charge in [0.05, 0.1) is 4.92 Å². The van der Waals surface area contributed by atoms with Gasteiger partial charge in [-0.2, -0.15) is 0 Å². The highest BCUT2D eigenvalue weighted by Gasteiger charge is 2.13. The molecule has 0 aromatic heterocycles. The van der Waals surface area contributed by atoms with Gasteiger partial charge in [-0.1, -0.05) is 23.7 Å². The van der Waals surface area contributed by atoms with Crippen molar-refractivity contribution >= 4 is 34.7 Å². The third-order valence-corrected chi connectivity index (χ3v) is 4.13. The van der Waals surface area contributed by atoms with Crippen LogP contribution in [0.15, 0.2) is 47.4 Å². The van der Waals surface area contributed by atoms with E-state index in [9.17, 15) is 10.1 Å². The van der Waals surface area contributed by atoms with Crippen LogP contribution >= 0.6 is 23.4 Å². The smallest absolute Gasteiger partial charge is 0.292 e. The maximum atomic E-state index is 11.0. The number of hydrogen-bond acceptors (Lipinski definition) is 4. The van der Waals surface area contributed by atoms with Crippen LogP contribution in [0.25, 0.3) is 0 Å². The number of thioether (sulfide) groups is 1. The minimum Gasteiger partial charge on any atom is -0.380 e. The van der Waals surface area contributed by atoms with Crippen LogP contribution in [0.3, 0.4) is 0 Å². The van der Waals surface area contributed by atoms with Gasteiger partial charge in [-0.15, -0.1) is 11.8 Å². The SMILES string of the molecule is CCNc1cc(CSc2cccc(Cl)c2)ccc1[N+](=O)[O-]. The zero-order chi connectivity index (χ0) is 15.2. The van der Waals surface area contributed by atoms with Crippen LogP contribution in [-0.4, -0.2) is 11.5 Å². The van der Waals surface area contributed by atoms with E-state index >= 15 is 0 Å². The van der Waals surface area contributed by atoms with Crippen LogP contribution in [0.1, 0.15) is 12.5 Å². The highest BCUT2D eigenvalue weighted by Crippen LogP contribution is 2.30. The van der Waals surface area contributed by atoms with E-state index in [2.05, 4.69) is 5.32 Å². The third-order valence-electron chi connectivity index (χ3n) is 2.83. The van der Waals surface area contributed by atoms with Gasteiger partial charge >= 0.3 is 0 Å². The minimum atomic E-state index is -0.369. The second-order valence-electron chi connectivity index (χ2n) is 4.38. The standard InChI is InChI=1S/C15H15ClN2O2S/c1-2-17-14-8-11(6-7-15(14)18(19)20)10-21-13-5-3-4-12(16)9-13/h3-9,17H,2,10H2,1H3. The summed E-state index contributed by atoms with van der Waals surface area (Å²) in [5.41, 5.74) is 1.70. The largest absolute Gasteiger partial charge is 0.380 e. The Labute approximate surface area is 132 Å². The van der Waals surface area contributed by atoms with Crippen molar-refractivity contribution in [3.8, 4) is 0 Å². The van der Waals surface area contributed by atoms with Crippen LogP contribution in [-0.2, 0) is 5.75 Å². The van der Waals surface area contributed by atoms with Crippen LogP contribution in [0.4, 0.5) is 11.4 Å². The first-order valence-electron chi connectivity index (χ1n) is 6.49. The number of hydrogen-bond donors (Lipinski definition) is 1. The average Bonchev–Trinajstić information content (AvgIpc) is 2.45. The Bertz CT molecular complexity index is 649. The zero-order valence-corrected chi connectivity index (χ0v) is 13.1. The monoisotopic (exact) mass is 322 g/mol.